The molecular formula is C15H24N4O4. The molecule has 0 radical (unpaired) electrons. The fourth-order valence-corrected chi connectivity index (χ4v) is 2.76. The van der Waals surface area contributed by atoms with Crippen LogP contribution in [0.5, 0.6) is 0 Å². The van der Waals surface area contributed by atoms with E-state index in [1.165, 1.54) is 14.1 Å². The van der Waals surface area contributed by atoms with Crippen molar-refractivity contribution in [3.63, 3.8) is 0 Å². The fourth-order valence-electron chi connectivity index (χ4n) is 2.76. The van der Waals surface area contributed by atoms with Gasteiger partial charge in [0.15, 0.2) is 5.92 Å². The zero-order valence-corrected chi connectivity index (χ0v) is 13.9. The van der Waals surface area contributed by atoms with Crippen LogP contribution in [0.2, 0.25) is 0 Å². The molecule has 8 heteroatoms. The Kier molecular flexibility index (Phi) is 5.84. The lowest BCUT2D eigenvalue weighted by atomic mass is 9.96. The number of rotatable bonds is 5. The minimum absolute atomic E-state index is 0.495. The normalized spacial score (nSPS) is 22.2. The molecule has 2 heterocycles. The SMILES string of the molecule is CCC(=NCCN1CCOCC1)C1C(=O)N(C)C(=O)N(C)C1=O. The summed E-state index contributed by atoms with van der Waals surface area (Å²) < 4.78 is 5.30. The second-order valence-corrected chi connectivity index (χ2v) is 5.69. The Balaban J connectivity index is 2.05. The van der Waals surface area contributed by atoms with E-state index in [1.54, 1.807) is 0 Å². The van der Waals surface area contributed by atoms with Crippen molar-refractivity contribution in [1.82, 2.24) is 14.7 Å². The Labute approximate surface area is 136 Å². The van der Waals surface area contributed by atoms with Gasteiger partial charge in [0, 0.05) is 39.4 Å². The molecule has 0 aromatic rings. The van der Waals surface area contributed by atoms with Gasteiger partial charge in [-0.15, -0.1) is 0 Å². The molecular weight excluding hydrogens is 300 g/mol. The summed E-state index contributed by atoms with van der Waals surface area (Å²) in [7, 11) is 2.78. The molecule has 0 bridgehead atoms. The Bertz CT molecular complexity index is 490. The smallest absolute Gasteiger partial charge is 0.332 e. The molecule has 2 aliphatic rings. The molecule has 0 aliphatic carbocycles. The van der Waals surface area contributed by atoms with E-state index in [0.717, 1.165) is 42.6 Å². The van der Waals surface area contributed by atoms with Crippen LogP contribution < -0.4 is 0 Å². The predicted octanol–water partition coefficient (Wildman–Crippen LogP) is -0.164. The van der Waals surface area contributed by atoms with Crippen molar-refractivity contribution in [3.05, 3.63) is 0 Å². The van der Waals surface area contributed by atoms with Crippen molar-refractivity contribution in [2.75, 3.05) is 53.5 Å². The Morgan fingerprint density at radius 1 is 1.13 bits per heavy atom. The van der Waals surface area contributed by atoms with E-state index in [0.29, 0.717) is 18.7 Å². The number of aliphatic imine (C=N–C) groups is 1. The van der Waals surface area contributed by atoms with Crippen LogP contribution in [-0.2, 0) is 14.3 Å². The third kappa shape index (κ3) is 3.76. The number of morpholine rings is 1. The minimum Gasteiger partial charge on any atom is -0.379 e. The summed E-state index contributed by atoms with van der Waals surface area (Å²) in [6, 6.07) is -0.597. The van der Waals surface area contributed by atoms with Gasteiger partial charge in [-0.3, -0.25) is 29.3 Å². The molecule has 0 aromatic heterocycles. The largest absolute Gasteiger partial charge is 0.379 e. The van der Waals surface area contributed by atoms with Crippen molar-refractivity contribution in [3.8, 4) is 0 Å². The number of imide groups is 2. The van der Waals surface area contributed by atoms with Crippen molar-refractivity contribution in [2.45, 2.75) is 13.3 Å². The van der Waals surface area contributed by atoms with E-state index in [9.17, 15) is 14.4 Å². The topological polar surface area (TPSA) is 82.5 Å². The van der Waals surface area contributed by atoms with E-state index < -0.39 is 23.8 Å². The summed E-state index contributed by atoms with van der Waals surface area (Å²) in [6.45, 7) is 6.36. The quantitative estimate of drug-likeness (QED) is 0.518. The van der Waals surface area contributed by atoms with Gasteiger partial charge < -0.3 is 4.74 Å². The Hall–Kier alpha value is -1.80. The van der Waals surface area contributed by atoms with Crippen molar-refractivity contribution < 1.29 is 19.1 Å². The molecule has 0 aromatic carbocycles. The molecule has 0 N–H and O–H groups in total. The minimum atomic E-state index is -0.975. The molecule has 2 saturated heterocycles. The van der Waals surface area contributed by atoms with Crippen LogP contribution in [-0.4, -0.2) is 91.7 Å². The third-order valence-corrected chi connectivity index (χ3v) is 4.26. The molecule has 2 fully saturated rings. The average molecular weight is 324 g/mol. The summed E-state index contributed by atoms with van der Waals surface area (Å²) in [5.74, 6) is -1.97. The number of barbiturate groups is 1. The zero-order valence-electron chi connectivity index (χ0n) is 13.9. The van der Waals surface area contributed by atoms with Gasteiger partial charge in [0.05, 0.1) is 19.8 Å². The first-order valence-electron chi connectivity index (χ1n) is 7.89. The van der Waals surface area contributed by atoms with E-state index >= 15 is 0 Å². The Morgan fingerprint density at radius 2 is 1.70 bits per heavy atom. The van der Waals surface area contributed by atoms with Gasteiger partial charge in [-0.05, 0) is 6.42 Å². The number of carbonyl (C=O) groups excluding carboxylic acids is 3. The molecule has 128 valence electrons. The zero-order chi connectivity index (χ0) is 17.0. The van der Waals surface area contributed by atoms with Crippen LogP contribution in [0.3, 0.4) is 0 Å². The van der Waals surface area contributed by atoms with Crippen LogP contribution in [0.15, 0.2) is 4.99 Å². The van der Waals surface area contributed by atoms with Crippen LogP contribution in [0.4, 0.5) is 4.79 Å². The van der Waals surface area contributed by atoms with Gasteiger partial charge in [-0.25, -0.2) is 4.79 Å². The van der Waals surface area contributed by atoms with Gasteiger partial charge >= 0.3 is 6.03 Å². The molecule has 2 aliphatic heterocycles. The molecule has 0 spiro atoms. The van der Waals surface area contributed by atoms with Gasteiger partial charge in [0.1, 0.15) is 0 Å². The molecule has 4 amide bonds. The average Bonchev–Trinajstić information content (AvgIpc) is 2.58. The lowest BCUT2D eigenvalue weighted by molar-refractivity contribution is -0.144. The highest BCUT2D eigenvalue weighted by Gasteiger charge is 2.44. The van der Waals surface area contributed by atoms with Crippen molar-refractivity contribution >= 4 is 23.6 Å². The maximum Gasteiger partial charge on any atom is 0.332 e. The number of hydrogen-bond acceptors (Lipinski definition) is 6. The fraction of sp³-hybridized carbons (Fsp3) is 0.733. The standard InChI is InChI=1S/C15H24N4O4/c1-4-11(16-5-6-19-7-9-23-10-8-19)12-13(20)17(2)15(22)18(3)14(12)21/h12H,4-10H2,1-3H3. The second-order valence-electron chi connectivity index (χ2n) is 5.69. The molecule has 0 unspecified atom stereocenters. The van der Waals surface area contributed by atoms with Crippen molar-refractivity contribution in [2.24, 2.45) is 10.9 Å². The number of urea groups is 1. The van der Waals surface area contributed by atoms with E-state index in [4.69, 9.17) is 4.74 Å². The first kappa shape index (κ1) is 17.6. The van der Waals surface area contributed by atoms with E-state index in [-0.39, 0.29) is 0 Å². The highest BCUT2D eigenvalue weighted by molar-refractivity contribution is 6.27. The summed E-state index contributed by atoms with van der Waals surface area (Å²) in [4.78, 5) is 45.1. The molecule has 8 nitrogen and oxygen atoms in total. The first-order valence-corrected chi connectivity index (χ1v) is 7.89. The summed E-state index contributed by atoms with van der Waals surface area (Å²) >= 11 is 0. The number of nitrogens with zero attached hydrogens (tertiary/aromatic N) is 4. The maximum atomic E-state index is 12.3. The maximum absolute atomic E-state index is 12.3. The van der Waals surface area contributed by atoms with Crippen LogP contribution in [0.1, 0.15) is 13.3 Å². The monoisotopic (exact) mass is 324 g/mol. The third-order valence-electron chi connectivity index (χ3n) is 4.26. The first-order chi connectivity index (χ1) is 11.0. The number of hydrogen-bond donors (Lipinski definition) is 0. The summed E-state index contributed by atoms with van der Waals surface area (Å²) in [5.41, 5.74) is 0.541. The van der Waals surface area contributed by atoms with Crippen molar-refractivity contribution in [1.29, 1.82) is 0 Å². The van der Waals surface area contributed by atoms with Gasteiger partial charge in [-0.1, -0.05) is 6.92 Å². The lowest BCUT2D eigenvalue weighted by Gasteiger charge is -2.33. The lowest BCUT2D eigenvalue weighted by Crippen LogP contribution is -2.58. The molecule has 0 atom stereocenters. The van der Waals surface area contributed by atoms with Gasteiger partial charge in [0.25, 0.3) is 0 Å². The Morgan fingerprint density at radius 3 is 2.22 bits per heavy atom. The number of ether oxygens (including phenoxy) is 1. The number of amides is 4. The van der Waals surface area contributed by atoms with E-state index in [2.05, 4.69) is 9.89 Å². The summed E-state index contributed by atoms with van der Waals surface area (Å²) in [5, 5.41) is 0. The highest BCUT2D eigenvalue weighted by Crippen LogP contribution is 2.18. The molecule has 23 heavy (non-hydrogen) atoms. The van der Waals surface area contributed by atoms with Crippen LogP contribution in [0, 0.1) is 5.92 Å². The van der Waals surface area contributed by atoms with Gasteiger partial charge in [0.2, 0.25) is 11.8 Å². The highest BCUT2D eigenvalue weighted by atomic mass is 16.5. The summed E-state index contributed by atoms with van der Waals surface area (Å²) in [6.07, 6.45) is 0.501. The predicted molar refractivity (Wildman–Crippen MR) is 84.3 cm³/mol. The molecule has 2 rings (SSSR count). The van der Waals surface area contributed by atoms with Crippen LogP contribution >= 0.6 is 0 Å². The molecule has 0 saturated carbocycles. The second kappa shape index (κ2) is 7.65. The van der Waals surface area contributed by atoms with Gasteiger partial charge in [-0.2, -0.15) is 0 Å². The van der Waals surface area contributed by atoms with E-state index in [1.807, 2.05) is 6.92 Å². The van der Waals surface area contributed by atoms with Crippen LogP contribution in [0.25, 0.3) is 0 Å². The number of carbonyl (C=O) groups is 3.